The van der Waals surface area contributed by atoms with Gasteiger partial charge in [-0.2, -0.15) is 0 Å². The lowest BCUT2D eigenvalue weighted by Gasteiger charge is -2.19. The minimum Gasteiger partial charge on any atom is -0.378 e. The third-order valence-electron chi connectivity index (χ3n) is 3.48. The predicted octanol–water partition coefficient (Wildman–Crippen LogP) is 3.70. The van der Waals surface area contributed by atoms with Crippen LogP contribution in [0.4, 0.5) is 4.39 Å². The Hall–Kier alpha value is -0.640. The van der Waals surface area contributed by atoms with Crippen LogP contribution in [0.5, 0.6) is 0 Å². The highest BCUT2D eigenvalue weighted by atomic mass is 35.5. The molecule has 1 aromatic rings. The molecular formula is C14H19ClFNO. The molecule has 0 spiro atoms. The summed E-state index contributed by atoms with van der Waals surface area (Å²) in [6, 6.07) is 4.60. The molecule has 0 saturated carbocycles. The number of rotatable bonds is 5. The van der Waals surface area contributed by atoms with Gasteiger partial charge in [-0.05, 0) is 56.5 Å². The first kappa shape index (κ1) is 13.8. The Morgan fingerprint density at radius 3 is 3.06 bits per heavy atom. The first-order chi connectivity index (χ1) is 8.70. The maximum absolute atomic E-state index is 13.3. The van der Waals surface area contributed by atoms with Crippen LogP contribution in [0.2, 0.25) is 5.02 Å². The molecule has 1 aliphatic heterocycles. The summed E-state index contributed by atoms with van der Waals surface area (Å²) in [5.74, 6) is -0.244. The van der Waals surface area contributed by atoms with Gasteiger partial charge in [-0.25, -0.2) is 4.39 Å². The van der Waals surface area contributed by atoms with Gasteiger partial charge in [-0.15, -0.1) is 0 Å². The molecule has 1 heterocycles. The maximum Gasteiger partial charge on any atom is 0.123 e. The highest BCUT2D eigenvalue weighted by molar-refractivity contribution is 6.31. The zero-order chi connectivity index (χ0) is 13.0. The molecule has 1 saturated heterocycles. The van der Waals surface area contributed by atoms with E-state index in [9.17, 15) is 4.39 Å². The van der Waals surface area contributed by atoms with Crippen molar-refractivity contribution in [2.75, 3.05) is 13.7 Å². The van der Waals surface area contributed by atoms with Gasteiger partial charge in [0.2, 0.25) is 0 Å². The average molecular weight is 272 g/mol. The molecule has 4 heteroatoms. The van der Waals surface area contributed by atoms with Gasteiger partial charge in [0, 0.05) is 17.7 Å². The lowest BCUT2D eigenvalue weighted by molar-refractivity contribution is 0.0998. The van der Waals surface area contributed by atoms with Gasteiger partial charge in [-0.1, -0.05) is 11.6 Å². The van der Waals surface area contributed by atoms with Crippen molar-refractivity contribution in [2.24, 2.45) is 0 Å². The lowest BCUT2D eigenvalue weighted by atomic mass is 9.99. The van der Waals surface area contributed by atoms with E-state index in [1.807, 2.05) is 7.05 Å². The number of hydrogen-bond donors (Lipinski definition) is 1. The second-order valence-corrected chi connectivity index (χ2v) is 5.13. The van der Waals surface area contributed by atoms with E-state index < -0.39 is 0 Å². The zero-order valence-corrected chi connectivity index (χ0v) is 11.3. The van der Waals surface area contributed by atoms with E-state index in [1.165, 1.54) is 12.1 Å². The molecule has 1 fully saturated rings. The van der Waals surface area contributed by atoms with Crippen LogP contribution in [0.1, 0.15) is 37.3 Å². The van der Waals surface area contributed by atoms with Crippen LogP contribution in [-0.2, 0) is 4.74 Å². The Balaban J connectivity index is 2.00. The van der Waals surface area contributed by atoms with Crippen molar-refractivity contribution < 1.29 is 9.13 Å². The molecule has 0 aliphatic carbocycles. The number of halogens is 2. The SMILES string of the molecule is CNC(CCC1CCCO1)c1cc(F)ccc1Cl. The summed E-state index contributed by atoms with van der Waals surface area (Å²) in [5, 5.41) is 3.82. The molecule has 0 radical (unpaired) electrons. The Morgan fingerprint density at radius 2 is 2.39 bits per heavy atom. The smallest absolute Gasteiger partial charge is 0.123 e. The molecule has 1 N–H and O–H groups in total. The summed E-state index contributed by atoms with van der Waals surface area (Å²) in [4.78, 5) is 0. The number of nitrogens with one attached hydrogen (secondary N) is 1. The minimum absolute atomic E-state index is 0.0809. The van der Waals surface area contributed by atoms with Crippen molar-refractivity contribution in [1.82, 2.24) is 5.32 Å². The van der Waals surface area contributed by atoms with Crippen molar-refractivity contribution in [3.8, 4) is 0 Å². The summed E-state index contributed by atoms with van der Waals surface area (Å²) in [7, 11) is 1.88. The quantitative estimate of drug-likeness (QED) is 0.882. The van der Waals surface area contributed by atoms with Crippen molar-refractivity contribution >= 4 is 11.6 Å². The lowest BCUT2D eigenvalue weighted by Crippen LogP contribution is -2.19. The van der Waals surface area contributed by atoms with Crippen LogP contribution in [0, 0.1) is 5.82 Å². The topological polar surface area (TPSA) is 21.3 Å². The van der Waals surface area contributed by atoms with Crippen LogP contribution >= 0.6 is 11.6 Å². The van der Waals surface area contributed by atoms with Crippen LogP contribution in [0.25, 0.3) is 0 Å². The summed E-state index contributed by atoms with van der Waals surface area (Å²) in [6.45, 7) is 0.871. The van der Waals surface area contributed by atoms with Crippen molar-refractivity contribution in [3.05, 3.63) is 34.6 Å². The van der Waals surface area contributed by atoms with E-state index in [4.69, 9.17) is 16.3 Å². The molecule has 100 valence electrons. The van der Waals surface area contributed by atoms with E-state index in [0.29, 0.717) is 11.1 Å². The van der Waals surface area contributed by atoms with Gasteiger partial charge in [0.25, 0.3) is 0 Å². The molecule has 18 heavy (non-hydrogen) atoms. The first-order valence-corrected chi connectivity index (χ1v) is 6.82. The van der Waals surface area contributed by atoms with Crippen LogP contribution in [-0.4, -0.2) is 19.8 Å². The Labute approximate surface area is 112 Å². The second-order valence-electron chi connectivity index (χ2n) is 4.72. The minimum atomic E-state index is -0.244. The van der Waals surface area contributed by atoms with Gasteiger partial charge < -0.3 is 10.1 Å². The molecule has 2 atom stereocenters. The molecule has 1 aliphatic rings. The molecule has 2 nitrogen and oxygen atoms in total. The van der Waals surface area contributed by atoms with Crippen LogP contribution < -0.4 is 5.32 Å². The zero-order valence-electron chi connectivity index (χ0n) is 10.6. The average Bonchev–Trinajstić information content (AvgIpc) is 2.87. The van der Waals surface area contributed by atoms with E-state index in [1.54, 1.807) is 6.07 Å². The fourth-order valence-corrected chi connectivity index (χ4v) is 2.71. The third-order valence-corrected chi connectivity index (χ3v) is 3.83. The van der Waals surface area contributed by atoms with E-state index in [-0.39, 0.29) is 11.9 Å². The third kappa shape index (κ3) is 3.44. The van der Waals surface area contributed by atoms with Crippen LogP contribution in [0.15, 0.2) is 18.2 Å². The summed E-state index contributed by atoms with van der Waals surface area (Å²) in [5.41, 5.74) is 0.831. The molecule has 0 amide bonds. The highest BCUT2D eigenvalue weighted by Gasteiger charge is 2.19. The number of benzene rings is 1. The van der Waals surface area contributed by atoms with E-state index in [2.05, 4.69) is 5.32 Å². The van der Waals surface area contributed by atoms with Gasteiger partial charge in [0.15, 0.2) is 0 Å². The molecule has 1 aromatic carbocycles. The normalized spacial score (nSPS) is 21.2. The Morgan fingerprint density at radius 1 is 1.56 bits per heavy atom. The standard InChI is InChI=1S/C14H19ClFNO/c1-17-14(7-5-11-3-2-8-18-11)12-9-10(16)4-6-13(12)15/h4,6,9,11,14,17H,2-3,5,7-8H2,1H3. The summed E-state index contributed by atoms with van der Waals surface area (Å²) >= 11 is 6.13. The Kier molecular flexibility index (Phi) is 4.98. The summed E-state index contributed by atoms with van der Waals surface area (Å²) < 4.78 is 18.9. The fraction of sp³-hybridized carbons (Fsp3) is 0.571. The van der Waals surface area contributed by atoms with Gasteiger partial charge in [-0.3, -0.25) is 0 Å². The van der Waals surface area contributed by atoms with Crippen molar-refractivity contribution in [2.45, 2.75) is 37.8 Å². The number of ether oxygens (including phenoxy) is 1. The maximum atomic E-state index is 13.3. The van der Waals surface area contributed by atoms with Crippen molar-refractivity contribution in [3.63, 3.8) is 0 Å². The molecule has 2 unspecified atom stereocenters. The number of hydrogen-bond acceptors (Lipinski definition) is 2. The largest absolute Gasteiger partial charge is 0.378 e. The second kappa shape index (κ2) is 6.50. The molecular weight excluding hydrogens is 253 g/mol. The molecule has 0 aromatic heterocycles. The van der Waals surface area contributed by atoms with E-state index in [0.717, 1.165) is 37.9 Å². The molecule has 0 bridgehead atoms. The van der Waals surface area contributed by atoms with Crippen molar-refractivity contribution in [1.29, 1.82) is 0 Å². The molecule has 2 rings (SSSR count). The van der Waals surface area contributed by atoms with Crippen LogP contribution in [0.3, 0.4) is 0 Å². The van der Waals surface area contributed by atoms with Gasteiger partial charge in [0.1, 0.15) is 5.82 Å². The fourth-order valence-electron chi connectivity index (χ4n) is 2.46. The van der Waals surface area contributed by atoms with Gasteiger partial charge >= 0.3 is 0 Å². The van der Waals surface area contributed by atoms with E-state index >= 15 is 0 Å². The Bertz CT molecular complexity index is 393. The monoisotopic (exact) mass is 271 g/mol. The predicted molar refractivity (Wildman–Crippen MR) is 71.4 cm³/mol. The first-order valence-electron chi connectivity index (χ1n) is 6.44. The highest BCUT2D eigenvalue weighted by Crippen LogP contribution is 2.29. The summed E-state index contributed by atoms with van der Waals surface area (Å²) in [6.07, 6.45) is 4.53. The van der Waals surface area contributed by atoms with Gasteiger partial charge in [0.05, 0.1) is 6.10 Å².